The number of nitrogens with one attached hydrogen (secondary N) is 2. The highest BCUT2D eigenvalue weighted by atomic mass is 16.5. The van der Waals surface area contributed by atoms with Crippen molar-refractivity contribution in [2.75, 3.05) is 38.6 Å². The molecule has 1 aliphatic rings. The third-order valence-corrected chi connectivity index (χ3v) is 7.05. The molecule has 7 heteroatoms. The average Bonchev–Trinajstić information content (AvgIpc) is 3.42. The molecule has 2 aromatic heterocycles. The zero-order valence-corrected chi connectivity index (χ0v) is 21.3. The number of hydrogen-bond donors (Lipinski definition) is 2. The molecule has 5 rings (SSSR count). The van der Waals surface area contributed by atoms with Crippen molar-refractivity contribution in [2.24, 2.45) is 5.92 Å². The molecule has 1 amide bonds. The van der Waals surface area contributed by atoms with Gasteiger partial charge in [-0.25, -0.2) is 4.98 Å². The summed E-state index contributed by atoms with van der Waals surface area (Å²) in [7, 11) is 1.64. The molecule has 3 heterocycles. The summed E-state index contributed by atoms with van der Waals surface area (Å²) < 4.78 is 10.8. The van der Waals surface area contributed by atoms with Crippen LogP contribution in [0.25, 0.3) is 11.0 Å². The van der Waals surface area contributed by atoms with E-state index in [0.29, 0.717) is 23.6 Å². The van der Waals surface area contributed by atoms with E-state index in [2.05, 4.69) is 50.8 Å². The summed E-state index contributed by atoms with van der Waals surface area (Å²) in [6, 6.07) is 21.9. The largest absolute Gasteiger partial charge is 0.497 e. The lowest BCUT2D eigenvalue weighted by Gasteiger charge is -2.32. The van der Waals surface area contributed by atoms with Crippen molar-refractivity contribution < 1.29 is 13.9 Å². The summed E-state index contributed by atoms with van der Waals surface area (Å²) >= 11 is 0. The zero-order valence-electron chi connectivity index (χ0n) is 21.3. The van der Waals surface area contributed by atoms with Crippen LogP contribution in [0.3, 0.4) is 0 Å². The van der Waals surface area contributed by atoms with Crippen LogP contribution in [0.1, 0.15) is 35.3 Å². The van der Waals surface area contributed by atoms with Gasteiger partial charge >= 0.3 is 0 Å². The highest BCUT2D eigenvalue weighted by Crippen LogP contribution is 2.27. The molecule has 2 N–H and O–H groups in total. The Labute approximate surface area is 217 Å². The number of likely N-dealkylation sites (tertiary alicyclic amines) is 1. The number of benzene rings is 2. The number of carbonyl (C=O) groups is 1. The number of piperidine rings is 1. The molecule has 4 aromatic rings. The minimum absolute atomic E-state index is 0.197. The quantitative estimate of drug-likeness (QED) is 0.275. The molecular weight excluding hydrogens is 464 g/mol. The molecule has 0 unspecified atom stereocenters. The molecule has 7 nitrogen and oxygen atoms in total. The standard InChI is InChI=1S/C30H34N4O3/c1-36-25-10-8-24(9-11-25)32-29-26-14-19-37-28(26)21-27(33-29)30(35)31-15-5-16-34-17-12-23(13-18-34)20-22-6-3-2-4-7-22/h2-4,6-11,14,19,21,23H,5,12-13,15-18,20H2,1H3,(H,31,35)(H,32,33). The van der Waals surface area contributed by atoms with E-state index < -0.39 is 0 Å². The van der Waals surface area contributed by atoms with Gasteiger partial charge in [-0.1, -0.05) is 30.3 Å². The SMILES string of the molecule is COc1ccc(Nc2nc(C(=O)NCCCN3CCC(Cc4ccccc4)CC3)cc3occc23)cc1. The van der Waals surface area contributed by atoms with Crippen LogP contribution < -0.4 is 15.4 Å². The topological polar surface area (TPSA) is 79.6 Å². The number of nitrogens with zero attached hydrogens (tertiary/aromatic N) is 2. The first-order valence-electron chi connectivity index (χ1n) is 13.0. The predicted octanol–water partition coefficient (Wildman–Crippen LogP) is 5.65. The summed E-state index contributed by atoms with van der Waals surface area (Å²) in [6.45, 7) is 3.86. The molecule has 0 spiro atoms. The number of methoxy groups -OCH3 is 1. The second-order valence-corrected chi connectivity index (χ2v) is 9.63. The fraction of sp³-hybridized carbons (Fsp3) is 0.333. The molecule has 1 aliphatic heterocycles. The number of pyridine rings is 1. The van der Waals surface area contributed by atoms with Crippen molar-refractivity contribution in [1.29, 1.82) is 0 Å². The maximum atomic E-state index is 12.9. The minimum Gasteiger partial charge on any atom is -0.497 e. The van der Waals surface area contributed by atoms with Crippen LogP contribution >= 0.6 is 0 Å². The van der Waals surface area contributed by atoms with Gasteiger partial charge in [-0.15, -0.1) is 0 Å². The van der Waals surface area contributed by atoms with Gasteiger partial charge in [0.05, 0.1) is 18.8 Å². The lowest BCUT2D eigenvalue weighted by atomic mass is 9.90. The third-order valence-electron chi connectivity index (χ3n) is 7.05. The lowest BCUT2D eigenvalue weighted by molar-refractivity contribution is 0.0945. The Morgan fingerprint density at radius 1 is 1.08 bits per heavy atom. The normalized spacial score (nSPS) is 14.5. The number of rotatable bonds is 10. The first-order valence-corrected chi connectivity index (χ1v) is 13.0. The van der Waals surface area contributed by atoms with Crippen molar-refractivity contribution >= 4 is 28.4 Å². The van der Waals surface area contributed by atoms with Crippen LogP contribution in [-0.2, 0) is 6.42 Å². The average molecular weight is 499 g/mol. The number of anilines is 2. The lowest BCUT2D eigenvalue weighted by Crippen LogP contribution is -2.36. The van der Waals surface area contributed by atoms with Crippen molar-refractivity contribution in [3.63, 3.8) is 0 Å². The van der Waals surface area contributed by atoms with E-state index in [-0.39, 0.29) is 5.91 Å². The molecular formula is C30H34N4O3. The summed E-state index contributed by atoms with van der Waals surface area (Å²) in [5.41, 5.74) is 3.24. The summed E-state index contributed by atoms with van der Waals surface area (Å²) in [4.78, 5) is 20.0. The smallest absolute Gasteiger partial charge is 0.270 e. The van der Waals surface area contributed by atoms with Gasteiger partial charge in [0.1, 0.15) is 22.8 Å². The number of aromatic nitrogens is 1. The van der Waals surface area contributed by atoms with Gasteiger partial charge in [0.2, 0.25) is 0 Å². The first kappa shape index (κ1) is 24.8. The Morgan fingerprint density at radius 3 is 2.62 bits per heavy atom. The number of amides is 1. The Balaban J connectivity index is 1.10. The van der Waals surface area contributed by atoms with E-state index in [1.165, 1.54) is 24.8 Å². The van der Waals surface area contributed by atoms with Crippen molar-refractivity contribution in [3.8, 4) is 5.75 Å². The number of fused-ring (bicyclic) bond motifs is 1. The Bertz CT molecular complexity index is 1300. The Morgan fingerprint density at radius 2 is 1.86 bits per heavy atom. The van der Waals surface area contributed by atoms with Crippen molar-refractivity contribution in [1.82, 2.24) is 15.2 Å². The summed E-state index contributed by atoms with van der Waals surface area (Å²) in [5, 5.41) is 7.15. The van der Waals surface area contributed by atoms with Crippen LogP contribution in [0.2, 0.25) is 0 Å². The number of hydrogen-bond acceptors (Lipinski definition) is 6. The fourth-order valence-corrected chi connectivity index (χ4v) is 4.94. The Hall–Kier alpha value is -3.84. The van der Waals surface area contributed by atoms with Crippen LogP contribution in [0.4, 0.5) is 11.5 Å². The third kappa shape index (κ3) is 6.49. The van der Waals surface area contributed by atoms with Crippen molar-refractivity contribution in [2.45, 2.75) is 25.7 Å². The van der Waals surface area contributed by atoms with Gasteiger partial charge in [0, 0.05) is 18.3 Å². The molecule has 0 atom stereocenters. The number of furan rings is 1. The van der Waals surface area contributed by atoms with E-state index >= 15 is 0 Å². The van der Waals surface area contributed by atoms with E-state index in [9.17, 15) is 4.79 Å². The molecule has 1 fully saturated rings. The molecule has 0 saturated carbocycles. The predicted molar refractivity (Wildman–Crippen MR) is 147 cm³/mol. The van der Waals surface area contributed by atoms with Crippen LogP contribution in [0.5, 0.6) is 5.75 Å². The van der Waals surface area contributed by atoms with E-state index in [1.807, 2.05) is 30.3 Å². The van der Waals surface area contributed by atoms with Crippen molar-refractivity contribution in [3.05, 3.63) is 84.3 Å². The van der Waals surface area contributed by atoms with Crippen LogP contribution in [0, 0.1) is 5.92 Å². The highest BCUT2D eigenvalue weighted by molar-refractivity contribution is 5.99. The molecule has 0 bridgehead atoms. The van der Waals surface area contributed by atoms with E-state index in [0.717, 1.165) is 48.8 Å². The number of ether oxygens (including phenoxy) is 1. The minimum atomic E-state index is -0.197. The molecule has 37 heavy (non-hydrogen) atoms. The maximum Gasteiger partial charge on any atom is 0.270 e. The highest BCUT2D eigenvalue weighted by Gasteiger charge is 2.19. The van der Waals surface area contributed by atoms with E-state index in [4.69, 9.17) is 9.15 Å². The fourth-order valence-electron chi connectivity index (χ4n) is 4.94. The first-order chi connectivity index (χ1) is 18.2. The number of carbonyl (C=O) groups excluding carboxylic acids is 1. The van der Waals surface area contributed by atoms with Crippen LogP contribution in [-0.4, -0.2) is 49.1 Å². The zero-order chi connectivity index (χ0) is 25.5. The van der Waals surface area contributed by atoms with Gasteiger partial charge in [-0.05, 0) is 87.1 Å². The summed E-state index contributed by atoms with van der Waals surface area (Å²) in [6.07, 6.45) is 6.16. The molecule has 0 radical (unpaired) electrons. The van der Waals surface area contributed by atoms with E-state index in [1.54, 1.807) is 19.4 Å². The van der Waals surface area contributed by atoms with Crippen LogP contribution in [0.15, 0.2) is 77.4 Å². The molecule has 2 aromatic carbocycles. The van der Waals surface area contributed by atoms with Gasteiger partial charge in [-0.2, -0.15) is 0 Å². The molecule has 0 aliphatic carbocycles. The second kappa shape index (κ2) is 11.9. The Kier molecular flexibility index (Phi) is 8.01. The molecule has 1 saturated heterocycles. The maximum absolute atomic E-state index is 12.9. The van der Waals surface area contributed by atoms with Gasteiger partial charge in [0.15, 0.2) is 0 Å². The second-order valence-electron chi connectivity index (χ2n) is 9.63. The summed E-state index contributed by atoms with van der Waals surface area (Å²) in [5.74, 6) is 1.93. The monoisotopic (exact) mass is 498 g/mol. The van der Waals surface area contributed by atoms with Gasteiger partial charge in [-0.3, -0.25) is 4.79 Å². The van der Waals surface area contributed by atoms with Gasteiger partial charge < -0.3 is 24.7 Å². The molecule has 192 valence electrons. The van der Waals surface area contributed by atoms with Gasteiger partial charge in [0.25, 0.3) is 5.91 Å².